The van der Waals surface area contributed by atoms with Crippen LogP contribution in [0.25, 0.3) is 76.9 Å². The normalized spacial score (nSPS) is 12.6. The maximum absolute atomic E-state index is 6.72. The molecule has 0 bridgehead atoms. The van der Waals surface area contributed by atoms with E-state index in [-0.39, 0.29) is 0 Å². The van der Waals surface area contributed by atoms with Crippen molar-refractivity contribution in [2.45, 2.75) is 0 Å². The van der Waals surface area contributed by atoms with Gasteiger partial charge in [-0.2, -0.15) is 0 Å². The molecule has 3 heterocycles. The van der Waals surface area contributed by atoms with Gasteiger partial charge in [0, 0.05) is 32.9 Å². The van der Waals surface area contributed by atoms with E-state index in [1.807, 2.05) is 36.4 Å². The fourth-order valence-corrected chi connectivity index (χ4v) is 6.05. The lowest BCUT2D eigenvalue weighted by atomic mass is 10.0. The monoisotopic (exact) mass is 502 g/mol. The molecule has 3 nitrogen and oxygen atoms in total. The molecule has 7 rings (SSSR count). The first-order valence-corrected chi connectivity index (χ1v) is 12.9. The van der Waals surface area contributed by atoms with Gasteiger partial charge in [-0.1, -0.05) is 99.1 Å². The molecule has 0 saturated carbocycles. The van der Waals surface area contributed by atoms with Gasteiger partial charge < -0.3 is 13.6 Å². The van der Waals surface area contributed by atoms with Gasteiger partial charge in [-0.3, -0.25) is 0 Å². The number of nitrogens with zero attached hydrogens (tertiary/aromatic N) is 2. The number of allylic oxidation sites excluding steroid dienone is 8. The van der Waals surface area contributed by atoms with E-state index in [1.165, 1.54) is 0 Å². The molecule has 0 unspecified atom stereocenters. The third kappa shape index (κ3) is 3.04. The Bertz CT molecular complexity index is 2240. The quantitative estimate of drug-likeness (QED) is 0.207. The summed E-state index contributed by atoms with van der Waals surface area (Å²) in [7, 11) is 0. The van der Waals surface area contributed by atoms with Crippen molar-refractivity contribution in [2.75, 3.05) is 0 Å². The van der Waals surface area contributed by atoms with Gasteiger partial charge in [0.2, 0.25) is 0 Å². The second-order valence-electron chi connectivity index (χ2n) is 9.57. The minimum absolute atomic E-state index is 0.847. The van der Waals surface area contributed by atoms with E-state index in [2.05, 4.69) is 96.1 Å². The van der Waals surface area contributed by atoms with Crippen LogP contribution in [0.4, 0.5) is 0 Å². The molecule has 7 aromatic rings. The van der Waals surface area contributed by atoms with Gasteiger partial charge in [-0.15, -0.1) is 0 Å². The van der Waals surface area contributed by atoms with E-state index < -0.39 is 0 Å². The number of hydrogen-bond donors (Lipinski definition) is 0. The third-order valence-electron chi connectivity index (χ3n) is 7.51. The lowest BCUT2D eigenvalue weighted by Crippen LogP contribution is -1.96. The molecule has 0 fully saturated rings. The standard InChI is InChI=1S/C36H26N2O/c1-5-8-16-23(4)37-28-20-12-9-17-25(28)31-34(37)33-27-19-11-14-22-30(27)39-36(33)32-26-18-10-13-21-29(26)38(35(31)32)24(7-3)15-6-2/h5-22H,1-4H2/b16-8-,24-15+. The highest BCUT2D eigenvalue weighted by Gasteiger charge is 2.27. The Balaban J connectivity index is 1.91. The molecule has 3 aromatic heterocycles. The number of fused-ring (bicyclic) bond motifs is 12. The first-order valence-electron chi connectivity index (χ1n) is 12.9. The predicted octanol–water partition coefficient (Wildman–Crippen LogP) is 10.2. The molecular weight excluding hydrogens is 476 g/mol. The third-order valence-corrected chi connectivity index (χ3v) is 7.51. The Kier molecular flexibility index (Phi) is 5.07. The molecule has 0 aliphatic carbocycles. The van der Waals surface area contributed by atoms with Gasteiger partial charge in [0.25, 0.3) is 0 Å². The Hall–Kier alpha value is -5.28. The zero-order valence-electron chi connectivity index (χ0n) is 21.5. The van der Waals surface area contributed by atoms with E-state index in [1.54, 1.807) is 12.2 Å². The first kappa shape index (κ1) is 22.9. The second kappa shape index (κ2) is 8.64. The van der Waals surface area contributed by atoms with E-state index >= 15 is 0 Å². The largest absolute Gasteiger partial charge is 0.455 e. The molecule has 0 aliphatic heterocycles. The minimum atomic E-state index is 0.847. The summed E-state index contributed by atoms with van der Waals surface area (Å²) in [6.07, 6.45) is 11.4. The molecule has 0 N–H and O–H groups in total. The Labute approximate surface area is 225 Å². The number of para-hydroxylation sites is 3. The Morgan fingerprint density at radius 2 is 1.26 bits per heavy atom. The number of rotatable bonds is 6. The summed E-state index contributed by atoms with van der Waals surface area (Å²) in [5.74, 6) is 0. The van der Waals surface area contributed by atoms with Crippen LogP contribution in [0.5, 0.6) is 0 Å². The van der Waals surface area contributed by atoms with E-state index in [0.717, 1.165) is 76.9 Å². The van der Waals surface area contributed by atoms with Gasteiger partial charge >= 0.3 is 0 Å². The fraction of sp³-hybridized carbons (Fsp3) is 0. The van der Waals surface area contributed by atoms with E-state index in [9.17, 15) is 0 Å². The van der Waals surface area contributed by atoms with E-state index in [4.69, 9.17) is 4.42 Å². The number of benzene rings is 4. The van der Waals surface area contributed by atoms with Gasteiger partial charge in [0.05, 0.1) is 32.8 Å². The first-order chi connectivity index (χ1) is 19.2. The molecule has 0 amide bonds. The topological polar surface area (TPSA) is 23.0 Å². The summed E-state index contributed by atoms with van der Waals surface area (Å²) < 4.78 is 11.3. The van der Waals surface area contributed by atoms with Gasteiger partial charge in [0.15, 0.2) is 0 Å². The lowest BCUT2D eigenvalue weighted by Gasteiger charge is -2.11. The van der Waals surface area contributed by atoms with Crippen LogP contribution >= 0.6 is 0 Å². The molecule has 0 atom stereocenters. The van der Waals surface area contributed by atoms with Crippen molar-refractivity contribution in [1.82, 2.24) is 9.13 Å². The van der Waals surface area contributed by atoms with Crippen LogP contribution in [0, 0.1) is 0 Å². The van der Waals surface area contributed by atoms with Crippen molar-refractivity contribution in [2.24, 2.45) is 0 Å². The molecule has 0 aliphatic rings. The molecule has 3 heteroatoms. The van der Waals surface area contributed by atoms with Crippen LogP contribution in [-0.4, -0.2) is 9.13 Å². The molecule has 0 spiro atoms. The molecule has 4 aromatic carbocycles. The fourth-order valence-electron chi connectivity index (χ4n) is 6.05. The summed E-state index contributed by atoms with van der Waals surface area (Å²) in [5.41, 5.74) is 7.80. The molecule has 186 valence electrons. The van der Waals surface area contributed by atoms with Crippen molar-refractivity contribution in [3.8, 4) is 0 Å². The molecule has 0 saturated heterocycles. The predicted molar refractivity (Wildman–Crippen MR) is 169 cm³/mol. The summed E-state index contributed by atoms with van der Waals surface area (Å²) in [4.78, 5) is 0. The van der Waals surface area contributed by atoms with Crippen LogP contribution < -0.4 is 0 Å². The van der Waals surface area contributed by atoms with Crippen molar-refractivity contribution < 1.29 is 4.42 Å². The van der Waals surface area contributed by atoms with Crippen LogP contribution in [0.1, 0.15) is 0 Å². The lowest BCUT2D eigenvalue weighted by molar-refractivity contribution is 0.673. The number of aromatic nitrogens is 2. The SMILES string of the molecule is C=C/C=C\C(=C)n1c2ccccc2c2c1c1c3ccccc3oc1c1c3ccccc3n(/C(C=C)=C/C=C)c12. The van der Waals surface area contributed by atoms with Crippen LogP contribution in [0.15, 0.2) is 140 Å². The van der Waals surface area contributed by atoms with Crippen molar-refractivity contribution in [3.05, 3.63) is 136 Å². The zero-order valence-corrected chi connectivity index (χ0v) is 21.5. The summed E-state index contributed by atoms with van der Waals surface area (Å²) in [6.45, 7) is 16.5. The maximum atomic E-state index is 6.72. The highest BCUT2D eigenvalue weighted by molar-refractivity contribution is 6.39. The van der Waals surface area contributed by atoms with Crippen LogP contribution in [0.2, 0.25) is 0 Å². The summed E-state index contributed by atoms with van der Waals surface area (Å²) in [5, 5.41) is 6.64. The number of hydrogen-bond acceptors (Lipinski definition) is 1. The average molecular weight is 503 g/mol. The molecular formula is C36H26N2O. The molecule has 0 radical (unpaired) electrons. The second-order valence-corrected chi connectivity index (χ2v) is 9.57. The summed E-state index contributed by atoms with van der Waals surface area (Å²) >= 11 is 0. The van der Waals surface area contributed by atoms with Crippen molar-refractivity contribution >= 4 is 76.9 Å². The van der Waals surface area contributed by atoms with Crippen molar-refractivity contribution in [1.29, 1.82) is 0 Å². The minimum Gasteiger partial charge on any atom is -0.455 e. The van der Waals surface area contributed by atoms with Gasteiger partial charge in [-0.25, -0.2) is 0 Å². The highest BCUT2D eigenvalue weighted by atomic mass is 16.3. The maximum Gasteiger partial charge on any atom is 0.147 e. The van der Waals surface area contributed by atoms with E-state index in [0.29, 0.717) is 0 Å². The van der Waals surface area contributed by atoms with Crippen LogP contribution in [0.3, 0.4) is 0 Å². The zero-order chi connectivity index (χ0) is 26.7. The van der Waals surface area contributed by atoms with Crippen molar-refractivity contribution in [3.63, 3.8) is 0 Å². The number of furan rings is 1. The smallest absolute Gasteiger partial charge is 0.147 e. The Morgan fingerprint density at radius 3 is 1.95 bits per heavy atom. The van der Waals surface area contributed by atoms with Gasteiger partial charge in [0.1, 0.15) is 11.2 Å². The van der Waals surface area contributed by atoms with Gasteiger partial charge in [-0.05, 0) is 36.4 Å². The highest BCUT2D eigenvalue weighted by Crippen LogP contribution is 2.49. The Morgan fingerprint density at radius 1 is 0.667 bits per heavy atom. The van der Waals surface area contributed by atoms with Crippen LogP contribution in [-0.2, 0) is 0 Å². The molecule has 39 heavy (non-hydrogen) atoms. The summed E-state index contributed by atoms with van der Waals surface area (Å²) in [6, 6.07) is 25.3. The average Bonchev–Trinajstić information content (AvgIpc) is 3.62.